The number of nitrogens with one attached hydrogen (secondary N) is 1. The van der Waals surface area contributed by atoms with Crippen LogP contribution in [0.4, 0.5) is 11.4 Å². The van der Waals surface area contributed by atoms with Crippen molar-refractivity contribution in [1.82, 2.24) is 0 Å². The van der Waals surface area contributed by atoms with Crippen molar-refractivity contribution in [1.29, 1.82) is 0 Å². The lowest BCUT2D eigenvalue weighted by atomic mass is 10.2. The second-order valence-corrected chi connectivity index (χ2v) is 4.90. The first-order chi connectivity index (χ1) is 8.56. The molecule has 0 aliphatic rings. The molecule has 4 heteroatoms. The zero-order valence-corrected chi connectivity index (χ0v) is 11.5. The summed E-state index contributed by atoms with van der Waals surface area (Å²) in [5.41, 5.74) is 9.39. The molecule has 0 radical (unpaired) electrons. The lowest BCUT2D eigenvalue weighted by Crippen LogP contribution is -2.09. The van der Waals surface area contributed by atoms with Crippen LogP contribution in [0.25, 0.3) is 0 Å². The van der Waals surface area contributed by atoms with E-state index in [0.29, 0.717) is 15.6 Å². The molecule has 0 aliphatic heterocycles. The highest BCUT2D eigenvalue weighted by Crippen LogP contribution is 2.24. The SMILES string of the molecule is Cc1cccc(Nc2ccc(C(N)=S)c(Cl)c2)c1. The molecule has 2 aromatic rings. The molecule has 0 fully saturated rings. The standard InChI is InChI=1S/C14H13ClN2S/c1-9-3-2-4-10(7-9)17-11-5-6-12(14(16)18)13(15)8-11/h2-8,17H,1H3,(H2,16,18). The molecular formula is C14H13ClN2S. The molecule has 2 aromatic carbocycles. The van der Waals surface area contributed by atoms with Crippen molar-refractivity contribution in [2.75, 3.05) is 5.32 Å². The van der Waals surface area contributed by atoms with Gasteiger partial charge in [0.25, 0.3) is 0 Å². The summed E-state index contributed by atoms with van der Waals surface area (Å²) in [5.74, 6) is 0. The van der Waals surface area contributed by atoms with Crippen LogP contribution in [0.1, 0.15) is 11.1 Å². The van der Waals surface area contributed by atoms with Gasteiger partial charge in [-0.05, 0) is 42.8 Å². The number of hydrogen-bond acceptors (Lipinski definition) is 2. The summed E-state index contributed by atoms with van der Waals surface area (Å²) >= 11 is 11.0. The van der Waals surface area contributed by atoms with Crippen LogP contribution >= 0.6 is 23.8 Å². The number of nitrogens with two attached hydrogens (primary N) is 1. The molecule has 0 aliphatic carbocycles. The zero-order valence-electron chi connectivity index (χ0n) is 9.91. The Morgan fingerprint density at radius 1 is 1.17 bits per heavy atom. The average molecular weight is 277 g/mol. The molecule has 0 amide bonds. The lowest BCUT2D eigenvalue weighted by Gasteiger charge is -2.09. The predicted octanol–water partition coefficient (Wildman–Crippen LogP) is 4.03. The van der Waals surface area contributed by atoms with E-state index >= 15 is 0 Å². The molecule has 0 bridgehead atoms. The largest absolute Gasteiger partial charge is 0.389 e. The van der Waals surface area contributed by atoms with Gasteiger partial charge in [-0.25, -0.2) is 0 Å². The van der Waals surface area contributed by atoms with Crippen LogP contribution in [0.5, 0.6) is 0 Å². The maximum absolute atomic E-state index is 6.11. The Morgan fingerprint density at radius 3 is 2.50 bits per heavy atom. The molecule has 0 spiro atoms. The first kappa shape index (κ1) is 12.9. The molecule has 0 aromatic heterocycles. The Hall–Kier alpha value is -1.58. The quantitative estimate of drug-likeness (QED) is 0.832. The maximum Gasteiger partial charge on any atom is 0.105 e. The third-order valence-electron chi connectivity index (χ3n) is 2.54. The van der Waals surface area contributed by atoms with Gasteiger partial charge in [-0.2, -0.15) is 0 Å². The summed E-state index contributed by atoms with van der Waals surface area (Å²) in [4.78, 5) is 0.308. The van der Waals surface area contributed by atoms with E-state index in [0.717, 1.165) is 11.4 Å². The van der Waals surface area contributed by atoms with E-state index in [2.05, 4.69) is 11.4 Å². The van der Waals surface area contributed by atoms with Gasteiger partial charge >= 0.3 is 0 Å². The van der Waals surface area contributed by atoms with E-state index < -0.39 is 0 Å². The van der Waals surface area contributed by atoms with E-state index in [1.54, 1.807) is 0 Å². The van der Waals surface area contributed by atoms with Crippen LogP contribution in [-0.2, 0) is 0 Å². The molecular weight excluding hydrogens is 264 g/mol. The average Bonchev–Trinajstić information content (AvgIpc) is 2.28. The smallest absolute Gasteiger partial charge is 0.105 e. The minimum atomic E-state index is 0.308. The number of benzene rings is 2. The first-order valence-electron chi connectivity index (χ1n) is 5.49. The summed E-state index contributed by atoms with van der Waals surface area (Å²) in [6, 6.07) is 13.7. The van der Waals surface area contributed by atoms with Gasteiger partial charge in [-0.1, -0.05) is 36.0 Å². The van der Waals surface area contributed by atoms with Crippen LogP contribution < -0.4 is 11.1 Å². The molecule has 0 saturated heterocycles. The Labute approximate surface area is 117 Å². The maximum atomic E-state index is 6.11. The Morgan fingerprint density at radius 2 is 1.89 bits per heavy atom. The van der Waals surface area contributed by atoms with Crippen molar-refractivity contribution in [3.63, 3.8) is 0 Å². The van der Waals surface area contributed by atoms with Crippen LogP contribution in [0, 0.1) is 6.92 Å². The van der Waals surface area contributed by atoms with Gasteiger partial charge in [0, 0.05) is 16.9 Å². The fourth-order valence-corrected chi connectivity index (χ4v) is 2.20. The number of anilines is 2. The molecule has 0 unspecified atom stereocenters. The molecule has 18 heavy (non-hydrogen) atoms. The molecule has 2 rings (SSSR count). The summed E-state index contributed by atoms with van der Waals surface area (Å²) < 4.78 is 0. The monoisotopic (exact) mass is 276 g/mol. The van der Waals surface area contributed by atoms with Crippen molar-refractivity contribution in [3.05, 3.63) is 58.6 Å². The van der Waals surface area contributed by atoms with Crippen molar-refractivity contribution < 1.29 is 0 Å². The first-order valence-corrected chi connectivity index (χ1v) is 6.28. The molecule has 0 heterocycles. The molecule has 2 nitrogen and oxygen atoms in total. The van der Waals surface area contributed by atoms with Gasteiger partial charge in [0.2, 0.25) is 0 Å². The predicted molar refractivity (Wildman–Crippen MR) is 81.8 cm³/mol. The number of hydrogen-bond donors (Lipinski definition) is 2. The Balaban J connectivity index is 2.25. The minimum Gasteiger partial charge on any atom is -0.389 e. The van der Waals surface area contributed by atoms with Gasteiger partial charge < -0.3 is 11.1 Å². The van der Waals surface area contributed by atoms with Gasteiger partial charge in [0.05, 0.1) is 5.02 Å². The van der Waals surface area contributed by atoms with E-state index in [4.69, 9.17) is 29.6 Å². The molecule has 92 valence electrons. The topological polar surface area (TPSA) is 38.0 Å². The fraction of sp³-hybridized carbons (Fsp3) is 0.0714. The van der Waals surface area contributed by atoms with E-state index in [9.17, 15) is 0 Å². The summed E-state index contributed by atoms with van der Waals surface area (Å²) in [5, 5.41) is 3.84. The number of halogens is 1. The van der Waals surface area contributed by atoms with Crippen molar-refractivity contribution in [2.45, 2.75) is 6.92 Å². The van der Waals surface area contributed by atoms with Crippen molar-refractivity contribution in [2.24, 2.45) is 5.73 Å². The number of aryl methyl sites for hydroxylation is 1. The summed E-state index contributed by atoms with van der Waals surface area (Å²) in [6.07, 6.45) is 0. The third-order valence-corrected chi connectivity index (χ3v) is 3.07. The second kappa shape index (κ2) is 5.38. The van der Waals surface area contributed by atoms with Crippen LogP contribution in [0.3, 0.4) is 0 Å². The normalized spacial score (nSPS) is 10.1. The van der Waals surface area contributed by atoms with E-state index in [1.165, 1.54) is 5.56 Å². The van der Waals surface area contributed by atoms with Gasteiger partial charge in [-0.3, -0.25) is 0 Å². The van der Waals surface area contributed by atoms with Gasteiger partial charge in [-0.15, -0.1) is 0 Å². The molecule has 0 saturated carbocycles. The van der Waals surface area contributed by atoms with Crippen LogP contribution in [0.2, 0.25) is 5.02 Å². The highest BCUT2D eigenvalue weighted by Gasteiger charge is 2.04. The highest BCUT2D eigenvalue weighted by atomic mass is 35.5. The molecule has 3 N–H and O–H groups in total. The van der Waals surface area contributed by atoms with E-state index in [-0.39, 0.29) is 0 Å². The fourth-order valence-electron chi connectivity index (χ4n) is 1.68. The number of thiocarbonyl (C=S) groups is 1. The van der Waals surface area contributed by atoms with Crippen LogP contribution in [0.15, 0.2) is 42.5 Å². The van der Waals surface area contributed by atoms with Gasteiger partial charge in [0.1, 0.15) is 4.99 Å². The van der Waals surface area contributed by atoms with E-state index in [1.807, 2.05) is 43.3 Å². The van der Waals surface area contributed by atoms with Crippen LogP contribution in [-0.4, -0.2) is 4.99 Å². The summed E-state index contributed by atoms with van der Waals surface area (Å²) in [7, 11) is 0. The van der Waals surface area contributed by atoms with Crippen molar-refractivity contribution >= 4 is 40.2 Å². The Bertz CT molecular complexity index is 596. The third kappa shape index (κ3) is 3.00. The summed E-state index contributed by atoms with van der Waals surface area (Å²) in [6.45, 7) is 2.05. The minimum absolute atomic E-state index is 0.308. The zero-order chi connectivity index (χ0) is 13.1. The second-order valence-electron chi connectivity index (χ2n) is 4.05. The number of rotatable bonds is 3. The van der Waals surface area contributed by atoms with Crippen molar-refractivity contribution in [3.8, 4) is 0 Å². The highest BCUT2D eigenvalue weighted by molar-refractivity contribution is 7.80. The molecule has 0 atom stereocenters. The lowest BCUT2D eigenvalue weighted by molar-refractivity contribution is 1.45. The van der Waals surface area contributed by atoms with Gasteiger partial charge in [0.15, 0.2) is 0 Å². The Kier molecular flexibility index (Phi) is 3.84.